The van der Waals surface area contributed by atoms with Gasteiger partial charge < -0.3 is 5.32 Å². The molecule has 11 heteroatoms. The Kier molecular flexibility index (Phi) is 4.59. The molecule has 0 heterocycles. The molecule has 0 radical (unpaired) electrons. The second-order valence-corrected chi connectivity index (χ2v) is 6.02. The minimum Gasteiger partial charge on any atom is -0.318 e. The van der Waals surface area contributed by atoms with Gasteiger partial charge in [-0.25, -0.2) is 21.6 Å². The first-order valence-electron chi connectivity index (χ1n) is 4.68. The van der Waals surface area contributed by atoms with Crippen LogP contribution in [0.3, 0.4) is 0 Å². The molecule has 0 aliphatic heterocycles. The van der Waals surface area contributed by atoms with E-state index in [1.54, 1.807) is 0 Å². The molecule has 0 unspecified atom stereocenters. The zero-order valence-electron chi connectivity index (χ0n) is 9.21. The highest BCUT2D eigenvalue weighted by Gasteiger charge is 2.49. The SMILES string of the molecule is O=C(Nc1ccc(S(=O)(=O)Cl)cc1F)C(F)(F)C(F)F. The predicted molar refractivity (Wildman–Crippen MR) is 59.0 cm³/mol. The number of nitrogens with one attached hydrogen (secondary N) is 1. The molecule has 1 amide bonds. The summed E-state index contributed by atoms with van der Waals surface area (Å²) in [6.45, 7) is 0. The van der Waals surface area contributed by atoms with Crippen molar-refractivity contribution in [3.63, 3.8) is 0 Å². The third kappa shape index (κ3) is 3.57. The van der Waals surface area contributed by atoms with Gasteiger partial charge in [0.2, 0.25) is 0 Å². The molecule has 112 valence electrons. The number of hydrogen-bond donors (Lipinski definition) is 1. The van der Waals surface area contributed by atoms with Crippen LogP contribution in [0, 0.1) is 5.82 Å². The largest absolute Gasteiger partial charge is 0.383 e. The Morgan fingerprint density at radius 3 is 2.25 bits per heavy atom. The van der Waals surface area contributed by atoms with Crippen LogP contribution in [0.1, 0.15) is 0 Å². The van der Waals surface area contributed by atoms with Gasteiger partial charge in [-0.3, -0.25) is 4.79 Å². The Balaban J connectivity index is 3.04. The van der Waals surface area contributed by atoms with Crippen molar-refractivity contribution in [3.05, 3.63) is 24.0 Å². The lowest BCUT2D eigenvalue weighted by atomic mass is 10.2. The van der Waals surface area contributed by atoms with Crippen LogP contribution in [-0.2, 0) is 13.8 Å². The molecule has 1 aromatic carbocycles. The van der Waals surface area contributed by atoms with Gasteiger partial charge in [-0.1, -0.05) is 0 Å². The molecule has 0 bridgehead atoms. The second-order valence-electron chi connectivity index (χ2n) is 3.46. The number of benzene rings is 1. The topological polar surface area (TPSA) is 63.2 Å². The highest BCUT2D eigenvalue weighted by atomic mass is 35.7. The molecule has 0 aliphatic rings. The molecular formula is C9H5ClF5NO3S. The number of carbonyl (C=O) groups excluding carboxylic acids is 1. The van der Waals surface area contributed by atoms with Crippen LogP contribution in [0.2, 0.25) is 0 Å². The number of carbonyl (C=O) groups is 1. The molecule has 20 heavy (non-hydrogen) atoms. The van der Waals surface area contributed by atoms with Gasteiger partial charge in [0.25, 0.3) is 9.05 Å². The summed E-state index contributed by atoms with van der Waals surface area (Å²) in [7, 11) is 0.641. The molecule has 0 saturated heterocycles. The number of alkyl halides is 4. The number of anilines is 1. The van der Waals surface area contributed by atoms with E-state index in [0.717, 1.165) is 0 Å². The highest BCUT2D eigenvalue weighted by molar-refractivity contribution is 8.13. The maximum absolute atomic E-state index is 13.4. The molecule has 0 saturated carbocycles. The van der Waals surface area contributed by atoms with Crippen LogP contribution in [-0.4, -0.2) is 26.7 Å². The van der Waals surface area contributed by atoms with Gasteiger partial charge in [-0.2, -0.15) is 8.78 Å². The van der Waals surface area contributed by atoms with Gasteiger partial charge >= 0.3 is 18.3 Å². The normalized spacial score (nSPS) is 12.6. The fourth-order valence-electron chi connectivity index (χ4n) is 1.05. The van der Waals surface area contributed by atoms with Crippen molar-refractivity contribution >= 4 is 31.3 Å². The molecule has 4 nitrogen and oxygen atoms in total. The zero-order valence-corrected chi connectivity index (χ0v) is 10.8. The summed E-state index contributed by atoms with van der Waals surface area (Å²) in [4.78, 5) is 10.2. The standard InChI is InChI=1S/C9H5ClF5NO3S/c10-20(18,19)4-1-2-6(5(11)3-4)16-8(17)9(14,15)7(12)13/h1-3,7H,(H,16,17). The van der Waals surface area contributed by atoms with Gasteiger partial charge in [0.05, 0.1) is 10.6 Å². The zero-order chi connectivity index (χ0) is 15.7. The van der Waals surface area contributed by atoms with Crippen LogP contribution in [0.25, 0.3) is 0 Å². The first kappa shape index (κ1) is 16.6. The van der Waals surface area contributed by atoms with E-state index in [0.29, 0.717) is 18.2 Å². The Labute approximate surface area is 113 Å². The molecule has 0 fully saturated rings. The third-order valence-corrected chi connectivity index (χ3v) is 3.40. The maximum Gasteiger partial charge on any atom is 0.383 e. The van der Waals surface area contributed by atoms with Crippen molar-refractivity contribution in [1.82, 2.24) is 0 Å². The van der Waals surface area contributed by atoms with Gasteiger partial charge in [0.15, 0.2) is 0 Å². The summed E-state index contributed by atoms with van der Waals surface area (Å²) in [6, 6.07) is 1.66. The van der Waals surface area contributed by atoms with Crippen molar-refractivity contribution in [1.29, 1.82) is 0 Å². The maximum atomic E-state index is 13.4. The van der Waals surface area contributed by atoms with E-state index in [2.05, 4.69) is 0 Å². The van der Waals surface area contributed by atoms with Crippen LogP contribution in [0.15, 0.2) is 23.1 Å². The minimum atomic E-state index is -5.01. The van der Waals surface area contributed by atoms with Crippen molar-refractivity contribution < 1.29 is 35.2 Å². The molecular weight excluding hydrogens is 333 g/mol. The summed E-state index contributed by atoms with van der Waals surface area (Å²) in [5, 5.41) is 1.23. The van der Waals surface area contributed by atoms with Gasteiger partial charge in [-0.05, 0) is 18.2 Å². The summed E-state index contributed by atoms with van der Waals surface area (Å²) in [6.07, 6.45) is -4.27. The van der Waals surface area contributed by atoms with Crippen LogP contribution >= 0.6 is 10.7 Å². The quantitative estimate of drug-likeness (QED) is 0.678. The van der Waals surface area contributed by atoms with E-state index in [9.17, 15) is 35.2 Å². The molecule has 0 spiro atoms. The molecule has 0 aromatic heterocycles. The van der Waals surface area contributed by atoms with Crippen molar-refractivity contribution in [2.24, 2.45) is 0 Å². The van der Waals surface area contributed by atoms with Crippen molar-refractivity contribution in [2.75, 3.05) is 5.32 Å². The van der Waals surface area contributed by atoms with E-state index >= 15 is 0 Å². The Morgan fingerprint density at radius 2 is 1.85 bits per heavy atom. The lowest BCUT2D eigenvalue weighted by molar-refractivity contribution is -0.163. The van der Waals surface area contributed by atoms with Gasteiger partial charge in [0, 0.05) is 10.7 Å². The molecule has 0 atom stereocenters. The summed E-state index contributed by atoms with van der Waals surface area (Å²) in [5.74, 6) is -8.86. The molecule has 0 aliphatic carbocycles. The minimum absolute atomic E-state index is 0.346. The number of hydrogen-bond acceptors (Lipinski definition) is 3. The van der Waals surface area contributed by atoms with Crippen LogP contribution in [0.4, 0.5) is 27.6 Å². The van der Waals surface area contributed by atoms with E-state index < -0.39 is 43.7 Å². The monoisotopic (exact) mass is 337 g/mol. The fourth-order valence-corrected chi connectivity index (χ4v) is 1.82. The summed E-state index contributed by atoms with van der Waals surface area (Å²) >= 11 is 0. The lowest BCUT2D eigenvalue weighted by Crippen LogP contribution is -2.41. The van der Waals surface area contributed by atoms with Crippen molar-refractivity contribution in [2.45, 2.75) is 17.2 Å². The number of rotatable bonds is 4. The van der Waals surface area contributed by atoms with E-state index in [1.165, 1.54) is 5.32 Å². The van der Waals surface area contributed by atoms with Gasteiger partial charge in [0.1, 0.15) is 5.82 Å². The Morgan fingerprint density at radius 1 is 1.30 bits per heavy atom. The predicted octanol–water partition coefficient (Wildman–Crippen LogP) is 2.59. The van der Waals surface area contributed by atoms with Crippen LogP contribution < -0.4 is 5.32 Å². The fraction of sp³-hybridized carbons (Fsp3) is 0.222. The summed E-state index contributed by atoms with van der Waals surface area (Å²) < 4.78 is 84.1. The highest BCUT2D eigenvalue weighted by Crippen LogP contribution is 2.27. The Bertz CT molecular complexity index is 634. The summed E-state index contributed by atoms with van der Waals surface area (Å²) in [5.41, 5.74) is -0.889. The number of halogens is 6. The molecule has 1 rings (SSSR count). The third-order valence-electron chi connectivity index (χ3n) is 2.05. The molecule has 1 aromatic rings. The van der Waals surface area contributed by atoms with E-state index in [1.807, 2.05) is 0 Å². The van der Waals surface area contributed by atoms with Crippen LogP contribution in [0.5, 0.6) is 0 Å². The van der Waals surface area contributed by atoms with E-state index in [4.69, 9.17) is 10.7 Å². The average Bonchev–Trinajstić information content (AvgIpc) is 2.29. The first-order valence-corrected chi connectivity index (χ1v) is 6.99. The van der Waals surface area contributed by atoms with E-state index in [-0.39, 0.29) is 0 Å². The smallest absolute Gasteiger partial charge is 0.318 e. The second kappa shape index (κ2) is 5.52. The Hall–Kier alpha value is -1.42. The van der Waals surface area contributed by atoms with Crippen molar-refractivity contribution in [3.8, 4) is 0 Å². The molecule has 1 N–H and O–H groups in total. The lowest BCUT2D eigenvalue weighted by Gasteiger charge is -2.15. The first-order chi connectivity index (χ1) is 8.96. The number of amides is 1. The van der Waals surface area contributed by atoms with Gasteiger partial charge in [-0.15, -0.1) is 0 Å². The average molecular weight is 338 g/mol.